The Morgan fingerprint density at radius 1 is 1.55 bits per heavy atom. The summed E-state index contributed by atoms with van der Waals surface area (Å²) in [5.74, 6) is 0. The van der Waals surface area contributed by atoms with E-state index in [0.29, 0.717) is 5.57 Å². The average Bonchev–Trinajstić information content (AvgIpc) is 1.99. The van der Waals surface area contributed by atoms with E-state index < -0.39 is 0 Å². The Morgan fingerprint density at radius 2 is 2.09 bits per heavy atom. The zero-order valence-electron chi connectivity index (χ0n) is 6.81. The lowest BCUT2D eigenvalue weighted by Crippen LogP contribution is -1.86. The summed E-state index contributed by atoms with van der Waals surface area (Å²) >= 11 is 6.96. The van der Waals surface area contributed by atoms with E-state index in [1.165, 1.54) is 0 Å². The highest BCUT2D eigenvalue weighted by Gasteiger charge is 1.91. The van der Waals surface area contributed by atoms with Gasteiger partial charge in [0.15, 0.2) is 0 Å². The van der Waals surface area contributed by atoms with E-state index in [4.69, 9.17) is 17.0 Å². The zero-order chi connectivity index (χ0) is 8.85. The van der Waals surface area contributed by atoms with Crippen LogP contribution in [0.4, 0.5) is 0 Å². The number of nitrogens with zero attached hydrogens (tertiary/aromatic N) is 1. The molecule has 0 aliphatic heterocycles. The fourth-order valence-corrected chi connectivity index (χ4v) is 0.504. The lowest BCUT2D eigenvalue weighted by molar-refractivity contribution is 1.43. The number of hydrogen-bond acceptors (Lipinski definition) is 3. The summed E-state index contributed by atoms with van der Waals surface area (Å²) < 4.78 is 0. The molecular formula is C7H11ClN2S. The predicted octanol–water partition coefficient (Wildman–Crippen LogP) is 2.89. The van der Waals surface area contributed by atoms with Gasteiger partial charge in [-0.25, -0.2) is 0 Å². The van der Waals surface area contributed by atoms with Crippen LogP contribution < -0.4 is 0 Å². The number of aliphatic imine (C=N–C) groups is 1. The third-order valence-corrected chi connectivity index (χ3v) is 2.08. The minimum absolute atomic E-state index is 0.0441. The molecule has 0 saturated carbocycles. The Morgan fingerprint density at radius 3 is 2.45 bits per heavy atom. The quantitative estimate of drug-likeness (QED) is 0.528. The number of halogens is 1. The van der Waals surface area contributed by atoms with E-state index >= 15 is 0 Å². The number of allylic oxidation sites excluding steroid dienone is 1. The van der Waals surface area contributed by atoms with E-state index in [-0.39, 0.29) is 5.17 Å². The van der Waals surface area contributed by atoms with Crippen LogP contribution in [0, 0.1) is 5.41 Å². The Balaban J connectivity index is 4.22. The first-order valence-corrected chi connectivity index (χ1v) is 4.67. The Labute approximate surface area is 76.2 Å². The van der Waals surface area contributed by atoms with Crippen molar-refractivity contribution in [2.75, 3.05) is 6.26 Å². The van der Waals surface area contributed by atoms with Crippen molar-refractivity contribution in [3.63, 3.8) is 0 Å². The van der Waals surface area contributed by atoms with E-state index in [0.717, 1.165) is 5.04 Å². The molecule has 0 unspecified atom stereocenters. The maximum absolute atomic E-state index is 7.02. The van der Waals surface area contributed by atoms with E-state index in [9.17, 15) is 0 Å². The molecule has 1 N–H and O–H groups in total. The molecule has 0 aromatic rings. The van der Waals surface area contributed by atoms with E-state index in [1.807, 2.05) is 13.2 Å². The van der Waals surface area contributed by atoms with Crippen molar-refractivity contribution < 1.29 is 0 Å². The molecule has 0 aliphatic carbocycles. The molecule has 0 rings (SSSR count). The van der Waals surface area contributed by atoms with Gasteiger partial charge in [-0.05, 0) is 20.1 Å². The molecule has 0 fully saturated rings. The van der Waals surface area contributed by atoms with Crippen molar-refractivity contribution in [2.45, 2.75) is 13.8 Å². The summed E-state index contributed by atoms with van der Waals surface area (Å²) in [6.45, 7) is 3.67. The van der Waals surface area contributed by atoms with Gasteiger partial charge in [-0.1, -0.05) is 11.6 Å². The standard InChI is InChI=1S/C7H11ClN2S/c1-5(7(8)9)4-10-6(2)11-3/h4,9H,1-3H3/b5-4-,9-7?,10-6+. The fourth-order valence-electron chi connectivity index (χ4n) is 0.297. The number of nitrogens with one attached hydrogen (secondary N) is 1. The Bertz CT molecular complexity index is 208. The van der Waals surface area contributed by atoms with Crippen LogP contribution in [0.25, 0.3) is 0 Å². The molecule has 0 atom stereocenters. The van der Waals surface area contributed by atoms with Crippen LogP contribution in [-0.4, -0.2) is 16.5 Å². The topological polar surface area (TPSA) is 36.2 Å². The Hall–Kier alpha value is -0.280. The molecule has 11 heavy (non-hydrogen) atoms. The van der Waals surface area contributed by atoms with E-state index in [1.54, 1.807) is 24.9 Å². The highest BCUT2D eigenvalue weighted by Crippen LogP contribution is 2.02. The van der Waals surface area contributed by atoms with Crippen LogP contribution in [0.2, 0.25) is 0 Å². The lowest BCUT2D eigenvalue weighted by atomic mass is 10.4. The molecule has 0 aromatic carbocycles. The maximum atomic E-state index is 7.02. The molecule has 0 aromatic heterocycles. The van der Waals surface area contributed by atoms with Crippen molar-refractivity contribution in [2.24, 2.45) is 4.99 Å². The minimum atomic E-state index is 0.0441. The summed E-state index contributed by atoms with van der Waals surface area (Å²) in [7, 11) is 0. The second-order valence-electron chi connectivity index (χ2n) is 1.98. The fraction of sp³-hybridized carbons (Fsp3) is 0.429. The smallest absolute Gasteiger partial charge is 0.125 e. The largest absolute Gasteiger partial charge is 0.289 e. The number of rotatable bonds is 2. The summed E-state index contributed by atoms with van der Waals surface area (Å²) in [6, 6.07) is 0. The van der Waals surface area contributed by atoms with Gasteiger partial charge in [-0.15, -0.1) is 11.8 Å². The first-order chi connectivity index (χ1) is 5.07. The van der Waals surface area contributed by atoms with Crippen LogP contribution >= 0.6 is 23.4 Å². The third kappa shape index (κ3) is 5.04. The second-order valence-corrected chi connectivity index (χ2v) is 3.36. The maximum Gasteiger partial charge on any atom is 0.125 e. The van der Waals surface area contributed by atoms with Crippen molar-refractivity contribution in [1.29, 1.82) is 5.41 Å². The Kier molecular flexibility index (Phi) is 5.24. The third-order valence-electron chi connectivity index (χ3n) is 1.08. The molecule has 0 spiro atoms. The molecule has 4 heteroatoms. The highest BCUT2D eigenvalue weighted by atomic mass is 35.5. The molecule has 0 bridgehead atoms. The van der Waals surface area contributed by atoms with Gasteiger partial charge in [0.1, 0.15) is 5.17 Å². The summed E-state index contributed by atoms with van der Waals surface area (Å²) in [5.41, 5.74) is 0.681. The van der Waals surface area contributed by atoms with Crippen LogP contribution in [-0.2, 0) is 0 Å². The van der Waals surface area contributed by atoms with Gasteiger partial charge in [0.25, 0.3) is 0 Å². The molecular weight excluding hydrogens is 180 g/mol. The van der Waals surface area contributed by atoms with Crippen molar-refractivity contribution in [1.82, 2.24) is 0 Å². The van der Waals surface area contributed by atoms with Crippen molar-refractivity contribution in [3.8, 4) is 0 Å². The van der Waals surface area contributed by atoms with Crippen LogP contribution in [0.1, 0.15) is 13.8 Å². The van der Waals surface area contributed by atoms with Gasteiger partial charge in [0, 0.05) is 11.8 Å². The zero-order valence-corrected chi connectivity index (χ0v) is 8.38. The number of thioether (sulfide) groups is 1. The van der Waals surface area contributed by atoms with Gasteiger partial charge in [0.05, 0.1) is 5.04 Å². The highest BCUT2D eigenvalue weighted by molar-refractivity contribution is 8.13. The van der Waals surface area contributed by atoms with Crippen molar-refractivity contribution >= 4 is 33.6 Å². The predicted molar refractivity (Wildman–Crippen MR) is 54.0 cm³/mol. The van der Waals surface area contributed by atoms with Crippen LogP contribution in [0.15, 0.2) is 16.8 Å². The van der Waals surface area contributed by atoms with Crippen LogP contribution in [0.5, 0.6) is 0 Å². The molecule has 0 heterocycles. The average molecular weight is 191 g/mol. The first kappa shape index (κ1) is 10.7. The normalized spacial score (nSPS) is 13.5. The molecule has 0 aliphatic rings. The molecule has 0 saturated heterocycles. The van der Waals surface area contributed by atoms with Gasteiger partial charge in [-0.3, -0.25) is 10.4 Å². The SMILES string of the molecule is CS/C(C)=N/C=C(/C)C(=N)Cl. The first-order valence-electron chi connectivity index (χ1n) is 3.07. The second kappa shape index (κ2) is 5.38. The van der Waals surface area contributed by atoms with Gasteiger partial charge in [0.2, 0.25) is 0 Å². The van der Waals surface area contributed by atoms with E-state index in [2.05, 4.69) is 4.99 Å². The monoisotopic (exact) mass is 190 g/mol. The molecule has 62 valence electrons. The summed E-state index contributed by atoms with van der Waals surface area (Å²) in [6.07, 6.45) is 3.55. The molecule has 2 nitrogen and oxygen atoms in total. The summed E-state index contributed by atoms with van der Waals surface area (Å²) in [4.78, 5) is 4.06. The van der Waals surface area contributed by atoms with Gasteiger partial charge < -0.3 is 0 Å². The van der Waals surface area contributed by atoms with Gasteiger partial charge in [-0.2, -0.15) is 0 Å². The number of hydrogen-bond donors (Lipinski definition) is 1. The molecule has 0 radical (unpaired) electrons. The summed E-state index contributed by atoms with van der Waals surface area (Å²) in [5, 5.41) is 8.03. The molecule has 0 amide bonds. The van der Waals surface area contributed by atoms with Crippen LogP contribution in [0.3, 0.4) is 0 Å². The van der Waals surface area contributed by atoms with Crippen molar-refractivity contribution in [3.05, 3.63) is 11.8 Å². The minimum Gasteiger partial charge on any atom is -0.289 e. The lowest BCUT2D eigenvalue weighted by Gasteiger charge is -1.92. The van der Waals surface area contributed by atoms with Gasteiger partial charge >= 0.3 is 0 Å².